The summed E-state index contributed by atoms with van der Waals surface area (Å²) in [7, 11) is 13.2. The number of aromatic nitrogens is 9. The number of likely N-dealkylation sites (tertiary alicyclic amines) is 2. The highest BCUT2D eigenvalue weighted by Gasteiger charge is 2.24. The van der Waals surface area contributed by atoms with Crippen LogP contribution in [-0.2, 0) is 0 Å². The molecule has 22 nitrogen and oxygen atoms in total. The standard InChI is InChI=1S/C24H38ClN7O.C17H23Cl2N5O.C10H7Cl3N4O.C7H16N2.C7H17N/c1-6-8-17(9-7-2)26-22-28-23(27-18-10-11-21(33-5)20(25)16-18)30-24(29-22)32(4)19-12-14-31(3)15-13-19;1-4-6-11(7-5-2)20-16-22-15(19)23-17(24-16)21-12-8-9-14(25-3)13(18)10-12;1-18-7-3-2-5(4-6(7)11)14-10-16-8(12)15-9(13)17-10;1-8-7-3-5-9(2)6-4-7;1-3-5-7(8)6-4-2/h10-11,16-17,19H,6-9,12-15H2,1-5H3,(H2,26,27,28,29,30);8-11H,4-7H2,1-3H3,(H2,20,21,22,23,24);2-4H,1H3,(H,14,15,16,17);7-8H,3-6H2,1-2H3;7H,3-6,8H2,1-2H3. The predicted octanol–water partition coefficient (Wildman–Crippen LogP) is 16.3. The maximum absolute atomic E-state index is 6.32. The van der Waals surface area contributed by atoms with E-state index >= 15 is 0 Å². The Morgan fingerprint density at radius 2 is 0.796 bits per heavy atom. The third-order valence-electron chi connectivity index (χ3n) is 15.2. The van der Waals surface area contributed by atoms with E-state index in [1.165, 1.54) is 51.6 Å². The minimum absolute atomic E-state index is 0.0112. The summed E-state index contributed by atoms with van der Waals surface area (Å²) in [6.45, 7) is 17.7. The van der Waals surface area contributed by atoms with E-state index in [-0.39, 0.29) is 21.8 Å². The molecule has 2 fully saturated rings. The number of ether oxygens (including phenoxy) is 3. The molecule has 0 aliphatic carbocycles. The van der Waals surface area contributed by atoms with Crippen LogP contribution in [0.15, 0.2) is 54.6 Å². The van der Waals surface area contributed by atoms with Crippen molar-refractivity contribution in [3.05, 3.63) is 85.5 Å². The normalized spacial score (nSPS) is 13.5. The molecule has 516 valence electrons. The van der Waals surface area contributed by atoms with Crippen LogP contribution in [0.2, 0.25) is 30.9 Å². The van der Waals surface area contributed by atoms with Crippen molar-refractivity contribution in [2.24, 2.45) is 5.73 Å². The number of hydrogen-bond acceptors (Lipinski definition) is 22. The summed E-state index contributed by atoms with van der Waals surface area (Å²) in [4.78, 5) is 45.3. The summed E-state index contributed by atoms with van der Waals surface area (Å²) in [5, 5.41) is 21.1. The average Bonchev–Trinajstić information content (AvgIpc) is 0.927. The quantitative estimate of drug-likeness (QED) is 0.0241. The molecule has 5 heterocycles. The van der Waals surface area contributed by atoms with Gasteiger partial charge in [-0.3, -0.25) is 0 Å². The Morgan fingerprint density at radius 1 is 0.473 bits per heavy atom. The van der Waals surface area contributed by atoms with Crippen LogP contribution in [0.5, 0.6) is 17.2 Å². The Labute approximate surface area is 583 Å². The van der Waals surface area contributed by atoms with Gasteiger partial charge in [0.25, 0.3) is 0 Å². The Kier molecular flexibility index (Phi) is 38.0. The summed E-state index contributed by atoms with van der Waals surface area (Å²) in [6, 6.07) is 18.3. The fourth-order valence-corrected chi connectivity index (χ4v) is 11.5. The highest BCUT2D eigenvalue weighted by atomic mass is 35.5. The topological polar surface area (TPSA) is 252 Å². The van der Waals surface area contributed by atoms with E-state index in [0.717, 1.165) is 94.7 Å². The van der Waals surface area contributed by atoms with Crippen molar-refractivity contribution in [1.29, 1.82) is 0 Å². The molecule has 8 N–H and O–H groups in total. The van der Waals surface area contributed by atoms with Crippen molar-refractivity contribution in [2.75, 3.05) is 107 Å². The van der Waals surface area contributed by atoms with Gasteiger partial charge in [0.15, 0.2) is 0 Å². The van der Waals surface area contributed by atoms with Gasteiger partial charge in [0.05, 0.1) is 36.4 Å². The minimum Gasteiger partial charge on any atom is -0.495 e. The fourth-order valence-electron chi connectivity index (χ4n) is 10.2. The van der Waals surface area contributed by atoms with Gasteiger partial charge < -0.3 is 66.5 Å². The molecule has 93 heavy (non-hydrogen) atoms. The van der Waals surface area contributed by atoms with Gasteiger partial charge in [0, 0.05) is 54.3 Å². The lowest BCUT2D eigenvalue weighted by molar-refractivity contribution is 0.240. The lowest BCUT2D eigenvalue weighted by Crippen LogP contribution is -2.42. The van der Waals surface area contributed by atoms with Crippen LogP contribution < -0.4 is 56.7 Å². The maximum atomic E-state index is 6.32. The maximum Gasteiger partial charge on any atom is 0.233 e. The van der Waals surface area contributed by atoms with Crippen LogP contribution in [-0.4, -0.2) is 161 Å². The molecule has 0 radical (unpaired) electrons. The van der Waals surface area contributed by atoms with Crippen LogP contribution in [0, 0.1) is 0 Å². The van der Waals surface area contributed by atoms with E-state index in [1.807, 2.05) is 24.3 Å². The number of halogens is 6. The number of hydrogen-bond donors (Lipinski definition) is 7. The van der Waals surface area contributed by atoms with Gasteiger partial charge in [-0.05, 0) is 201 Å². The average molecular weight is 1410 g/mol. The first kappa shape index (κ1) is 79.9. The number of anilines is 9. The first-order valence-electron chi connectivity index (χ1n) is 32.3. The van der Waals surface area contributed by atoms with Gasteiger partial charge in [0.1, 0.15) is 17.2 Å². The molecule has 2 aliphatic rings. The first-order valence-corrected chi connectivity index (χ1v) is 34.6. The van der Waals surface area contributed by atoms with E-state index in [9.17, 15) is 0 Å². The lowest BCUT2D eigenvalue weighted by Gasteiger charge is -2.35. The molecule has 0 spiro atoms. The third kappa shape index (κ3) is 30.0. The minimum atomic E-state index is 0.0112. The zero-order valence-corrected chi connectivity index (χ0v) is 61.2. The van der Waals surface area contributed by atoms with Crippen molar-refractivity contribution in [3.63, 3.8) is 0 Å². The van der Waals surface area contributed by atoms with Crippen molar-refractivity contribution in [2.45, 2.75) is 174 Å². The van der Waals surface area contributed by atoms with Crippen LogP contribution in [0.1, 0.15) is 144 Å². The number of nitrogens with zero attached hydrogens (tertiary/aromatic N) is 12. The van der Waals surface area contributed by atoms with Crippen LogP contribution in [0.25, 0.3) is 0 Å². The molecule has 0 bridgehead atoms. The number of nitrogens with one attached hydrogen (secondary N) is 6. The number of nitrogens with two attached hydrogens (primary N) is 1. The summed E-state index contributed by atoms with van der Waals surface area (Å²) >= 11 is 35.8. The molecule has 0 saturated carbocycles. The van der Waals surface area contributed by atoms with Gasteiger partial charge in [-0.2, -0.15) is 44.9 Å². The third-order valence-corrected chi connectivity index (χ3v) is 16.6. The Morgan fingerprint density at radius 3 is 1.15 bits per heavy atom. The van der Waals surface area contributed by atoms with E-state index < -0.39 is 0 Å². The van der Waals surface area contributed by atoms with E-state index in [0.29, 0.717) is 91.9 Å². The van der Waals surface area contributed by atoms with Crippen LogP contribution in [0.3, 0.4) is 0 Å². The first-order chi connectivity index (χ1) is 44.7. The number of benzene rings is 3. The van der Waals surface area contributed by atoms with Gasteiger partial charge in [-0.1, -0.05) is 115 Å². The second kappa shape index (κ2) is 44.3. The van der Waals surface area contributed by atoms with E-state index in [4.69, 9.17) is 105 Å². The summed E-state index contributed by atoms with van der Waals surface area (Å²) in [6.07, 6.45) is 18.3. The summed E-state index contributed by atoms with van der Waals surface area (Å²) < 4.78 is 15.5. The highest BCUT2D eigenvalue weighted by molar-refractivity contribution is 6.33. The van der Waals surface area contributed by atoms with Gasteiger partial charge >= 0.3 is 0 Å². The Bertz CT molecular complexity index is 3040. The zero-order chi connectivity index (χ0) is 68.2. The smallest absolute Gasteiger partial charge is 0.233 e. The number of rotatable bonds is 28. The second-order valence-electron chi connectivity index (χ2n) is 22.8. The van der Waals surface area contributed by atoms with Gasteiger partial charge in [-0.15, -0.1) is 0 Å². The lowest BCUT2D eigenvalue weighted by atomic mass is 10.0. The largest absolute Gasteiger partial charge is 0.495 e. The molecular weight excluding hydrogens is 1310 g/mol. The molecular formula is C65H101Cl6N19O3. The van der Waals surface area contributed by atoms with Gasteiger partial charge in [0.2, 0.25) is 51.5 Å². The van der Waals surface area contributed by atoms with E-state index in [1.54, 1.807) is 51.7 Å². The van der Waals surface area contributed by atoms with Crippen molar-refractivity contribution >= 4 is 122 Å². The fraction of sp³-hybridized carbons (Fsp3) is 0.585. The second-order valence-corrected chi connectivity index (χ2v) is 25.1. The van der Waals surface area contributed by atoms with E-state index in [2.05, 4.69) is 146 Å². The molecule has 3 aromatic carbocycles. The van der Waals surface area contributed by atoms with Crippen molar-refractivity contribution in [3.8, 4) is 17.2 Å². The van der Waals surface area contributed by atoms with Crippen LogP contribution >= 0.6 is 69.6 Å². The molecule has 6 aromatic rings. The predicted molar refractivity (Wildman–Crippen MR) is 389 cm³/mol. The SMILES string of the molecule is CCCC(CCC)Nc1nc(Cl)nc(Nc2ccc(OC)c(Cl)c2)n1.CCCC(CCC)Nc1nc(Nc2ccc(OC)c(Cl)c2)nc(N(C)C2CCN(C)CC2)n1.CCCC(N)CCC.CNC1CCN(C)CC1.COc1ccc(Nc2nc(Cl)nc(Cl)n2)cc1Cl. The van der Waals surface area contributed by atoms with Crippen molar-refractivity contribution < 1.29 is 14.2 Å². The number of piperidine rings is 2. The highest BCUT2D eigenvalue weighted by Crippen LogP contribution is 2.32. The molecule has 0 unspecified atom stereocenters. The van der Waals surface area contributed by atoms with Crippen LogP contribution in [0.4, 0.5) is 52.8 Å². The Hall–Kier alpha value is -5.53. The molecule has 2 saturated heterocycles. The summed E-state index contributed by atoms with van der Waals surface area (Å²) in [5.41, 5.74) is 7.90. The molecule has 3 aromatic heterocycles. The van der Waals surface area contributed by atoms with Gasteiger partial charge in [-0.25, -0.2) is 0 Å². The monoisotopic (exact) mass is 1410 g/mol. The molecule has 8 rings (SSSR count). The molecule has 2 aliphatic heterocycles. The van der Waals surface area contributed by atoms with Crippen molar-refractivity contribution in [1.82, 2.24) is 60.0 Å². The Balaban J connectivity index is 0.000000270. The number of methoxy groups -OCH3 is 3. The molecule has 0 amide bonds. The molecule has 28 heteroatoms. The molecule has 0 atom stereocenters. The zero-order valence-electron chi connectivity index (χ0n) is 56.7. The summed E-state index contributed by atoms with van der Waals surface area (Å²) in [5.74, 6) is 4.65.